The molecule has 0 atom stereocenters. The molecule has 5 nitrogen and oxygen atoms in total. The summed E-state index contributed by atoms with van der Waals surface area (Å²) in [5.41, 5.74) is 1.21. The van der Waals surface area contributed by atoms with Crippen LogP contribution in [0.5, 0.6) is 0 Å². The molecule has 1 amide bonds. The first-order chi connectivity index (χ1) is 15.3. The van der Waals surface area contributed by atoms with Gasteiger partial charge >= 0.3 is 0 Å². The Morgan fingerprint density at radius 2 is 1.72 bits per heavy atom. The Labute approximate surface area is 191 Å². The van der Waals surface area contributed by atoms with Crippen molar-refractivity contribution in [2.24, 2.45) is 0 Å². The summed E-state index contributed by atoms with van der Waals surface area (Å²) in [5, 5.41) is 2.90. The summed E-state index contributed by atoms with van der Waals surface area (Å²) in [6.45, 7) is 3.58. The number of carbonyl (C=O) groups excluding carboxylic acids is 2. The quantitative estimate of drug-likeness (QED) is 0.194. The normalized spacial score (nSPS) is 11.6. The molecule has 0 spiro atoms. The Bertz CT molecular complexity index is 908. The summed E-state index contributed by atoms with van der Waals surface area (Å²) < 4.78 is 14.2. The third-order valence-electron chi connectivity index (χ3n) is 5.32. The molecule has 1 heterocycles. The van der Waals surface area contributed by atoms with Gasteiger partial charge in [0.2, 0.25) is 0 Å². The minimum Gasteiger partial charge on any atom is -0.321 e. The van der Waals surface area contributed by atoms with Gasteiger partial charge in [0.1, 0.15) is 5.82 Å². The molecule has 1 aromatic carbocycles. The summed E-state index contributed by atoms with van der Waals surface area (Å²) >= 11 is 0. The number of quaternary nitrogens is 1. The number of nitrogens with one attached hydrogen (secondary N) is 1. The molecule has 1 aromatic heterocycles. The number of carbonyl (C=O) groups is 2. The highest BCUT2D eigenvalue weighted by Crippen LogP contribution is 2.13. The summed E-state index contributed by atoms with van der Waals surface area (Å²) in [6.07, 6.45) is 11.5. The van der Waals surface area contributed by atoms with Gasteiger partial charge in [-0.2, -0.15) is 0 Å². The van der Waals surface area contributed by atoms with Gasteiger partial charge < -0.3 is 9.80 Å². The zero-order chi connectivity index (χ0) is 23.4. The first kappa shape index (κ1) is 25.4. The zero-order valence-electron chi connectivity index (χ0n) is 19.4. The van der Waals surface area contributed by atoms with Gasteiger partial charge in [-0.05, 0) is 61.4 Å². The fraction of sp³-hybridized carbons (Fsp3) is 0.423. The molecule has 172 valence electrons. The number of pyridine rings is 1. The predicted molar refractivity (Wildman–Crippen MR) is 128 cm³/mol. The van der Waals surface area contributed by atoms with Gasteiger partial charge in [-0.15, -0.1) is 0 Å². The SMILES string of the molecule is CCCCCCCC[N+](C)(C)CC(=O)Nc1ccc(C(=O)/C=C/c2ncccc2F)cc1. The molecule has 32 heavy (non-hydrogen) atoms. The lowest BCUT2D eigenvalue weighted by molar-refractivity contribution is -0.882. The van der Waals surface area contributed by atoms with Gasteiger partial charge in [0.25, 0.3) is 5.91 Å². The van der Waals surface area contributed by atoms with Gasteiger partial charge in [0.05, 0.1) is 26.3 Å². The van der Waals surface area contributed by atoms with Crippen LogP contribution in [-0.4, -0.2) is 48.3 Å². The van der Waals surface area contributed by atoms with Crippen molar-refractivity contribution in [1.82, 2.24) is 4.98 Å². The van der Waals surface area contributed by atoms with Gasteiger partial charge in [-0.1, -0.05) is 32.6 Å². The Morgan fingerprint density at radius 1 is 1.03 bits per heavy atom. The van der Waals surface area contributed by atoms with Crippen LogP contribution in [0.3, 0.4) is 0 Å². The lowest BCUT2D eigenvalue weighted by Crippen LogP contribution is -2.46. The van der Waals surface area contributed by atoms with Crippen LogP contribution in [0.1, 0.15) is 61.5 Å². The van der Waals surface area contributed by atoms with Crippen LogP contribution in [0.2, 0.25) is 0 Å². The first-order valence-corrected chi connectivity index (χ1v) is 11.4. The Balaban J connectivity index is 1.81. The number of benzene rings is 1. The molecule has 0 unspecified atom stereocenters. The summed E-state index contributed by atoms with van der Waals surface area (Å²) in [6, 6.07) is 9.49. The maximum Gasteiger partial charge on any atom is 0.279 e. The van der Waals surface area contributed by atoms with Crippen LogP contribution in [0.15, 0.2) is 48.7 Å². The lowest BCUT2D eigenvalue weighted by Gasteiger charge is -2.29. The average molecular weight is 441 g/mol. The molecule has 0 aliphatic rings. The van der Waals surface area contributed by atoms with E-state index in [2.05, 4.69) is 31.3 Å². The highest BCUT2D eigenvalue weighted by atomic mass is 19.1. The van der Waals surface area contributed by atoms with Crippen molar-refractivity contribution >= 4 is 23.5 Å². The van der Waals surface area contributed by atoms with Gasteiger partial charge in [0.15, 0.2) is 12.3 Å². The van der Waals surface area contributed by atoms with E-state index in [9.17, 15) is 14.0 Å². The van der Waals surface area contributed by atoms with Crippen molar-refractivity contribution in [2.45, 2.75) is 45.4 Å². The molecule has 0 aliphatic heterocycles. The number of ketones is 1. The van der Waals surface area contributed by atoms with Crippen molar-refractivity contribution in [3.05, 3.63) is 65.7 Å². The van der Waals surface area contributed by atoms with Crippen LogP contribution < -0.4 is 5.32 Å². The van der Waals surface area contributed by atoms with Gasteiger partial charge in [-0.3, -0.25) is 14.6 Å². The second-order valence-electron chi connectivity index (χ2n) is 8.78. The molecule has 2 rings (SSSR count). The van der Waals surface area contributed by atoms with Crippen molar-refractivity contribution < 1.29 is 18.5 Å². The molecule has 0 radical (unpaired) electrons. The Morgan fingerprint density at radius 3 is 2.41 bits per heavy atom. The molecular weight excluding hydrogens is 405 g/mol. The number of hydrogen-bond donors (Lipinski definition) is 1. The number of anilines is 1. The molecule has 1 N–H and O–H groups in total. The number of likely N-dealkylation sites (N-methyl/N-ethyl adjacent to an activating group) is 1. The van der Waals surface area contributed by atoms with E-state index in [1.807, 2.05) is 0 Å². The third-order valence-corrected chi connectivity index (χ3v) is 5.32. The summed E-state index contributed by atoms with van der Waals surface area (Å²) in [5.74, 6) is -0.789. The first-order valence-electron chi connectivity index (χ1n) is 11.4. The highest BCUT2D eigenvalue weighted by molar-refractivity contribution is 6.07. The van der Waals surface area contributed by atoms with E-state index < -0.39 is 5.82 Å². The van der Waals surface area contributed by atoms with Crippen LogP contribution in [0, 0.1) is 5.82 Å². The number of nitrogens with zero attached hydrogens (tertiary/aromatic N) is 2. The zero-order valence-corrected chi connectivity index (χ0v) is 19.4. The Hall–Kier alpha value is -2.86. The van der Waals surface area contributed by atoms with Crippen LogP contribution >= 0.6 is 0 Å². The van der Waals surface area contributed by atoms with E-state index in [4.69, 9.17) is 0 Å². The maximum atomic E-state index is 13.6. The number of halogens is 1. The summed E-state index contributed by atoms with van der Waals surface area (Å²) in [4.78, 5) is 28.7. The monoisotopic (exact) mass is 440 g/mol. The molecule has 2 aromatic rings. The minimum atomic E-state index is -0.479. The minimum absolute atomic E-state index is 0.0504. The molecule has 0 fully saturated rings. The van der Waals surface area contributed by atoms with Crippen molar-refractivity contribution in [2.75, 3.05) is 32.5 Å². The standard InChI is InChI=1S/C26H34FN3O2/c1-4-5-6-7-8-9-19-30(2,3)20-26(32)29-22-14-12-21(13-15-22)25(31)17-16-24-23(27)11-10-18-28-24/h10-18H,4-9,19-20H2,1-3H3/p+1/b17-16+. The van der Waals surface area contributed by atoms with E-state index >= 15 is 0 Å². The lowest BCUT2D eigenvalue weighted by atomic mass is 10.1. The number of hydrogen-bond acceptors (Lipinski definition) is 3. The highest BCUT2D eigenvalue weighted by Gasteiger charge is 2.19. The average Bonchev–Trinajstić information content (AvgIpc) is 2.75. The van der Waals surface area contributed by atoms with Gasteiger partial charge in [-0.25, -0.2) is 4.39 Å². The number of rotatable bonds is 13. The molecular formula is C26H35FN3O2+. The van der Waals surface area contributed by atoms with Crippen molar-refractivity contribution in [1.29, 1.82) is 0 Å². The second kappa shape index (κ2) is 12.9. The van der Waals surface area contributed by atoms with Crippen LogP contribution in [0.25, 0.3) is 6.08 Å². The van der Waals surface area contributed by atoms with E-state index in [-0.39, 0.29) is 17.4 Å². The molecule has 0 saturated heterocycles. The van der Waals surface area contributed by atoms with E-state index in [0.717, 1.165) is 13.0 Å². The summed E-state index contributed by atoms with van der Waals surface area (Å²) in [7, 11) is 4.15. The van der Waals surface area contributed by atoms with Crippen LogP contribution in [-0.2, 0) is 4.79 Å². The van der Waals surface area contributed by atoms with E-state index in [0.29, 0.717) is 22.3 Å². The number of unbranched alkanes of at least 4 members (excludes halogenated alkanes) is 5. The molecule has 0 saturated carbocycles. The smallest absolute Gasteiger partial charge is 0.279 e. The number of allylic oxidation sites excluding steroid dienone is 1. The number of aromatic nitrogens is 1. The third kappa shape index (κ3) is 9.10. The van der Waals surface area contributed by atoms with E-state index in [1.54, 1.807) is 24.3 Å². The molecule has 0 bridgehead atoms. The molecule has 0 aliphatic carbocycles. The topological polar surface area (TPSA) is 59.1 Å². The second-order valence-corrected chi connectivity index (χ2v) is 8.78. The van der Waals surface area contributed by atoms with Crippen molar-refractivity contribution in [3.63, 3.8) is 0 Å². The Kier molecular flexibility index (Phi) is 10.2. The predicted octanol–water partition coefficient (Wildman–Crippen LogP) is 5.49. The van der Waals surface area contributed by atoms with Gasteiger partial charge in [0, 0.05) is 17.4 Å². The van der Waals surface area contributed by atoms with Crippen LogP contribution in [0.4, 0.5) is 10.1 Å². The fourth-order valence-electron chi connectivity index (χ4n) is 3.48. The number of amides is 1. The largest absolute Gasteiger partial charge is 0.321 e. The van der Waals surface area contributed by atoms with Crippen molar-refractivity contribution in [3.8, 4) is 0 Å². The molecule has 6 heteroatoms. The maximum absolute atomic E-state index is 13.6. The fourth-order valence-corrected chi connectivity index (χ4v) is 3.48. The van der Waals surface area contributed by atoms with E-state index in [1.165, 1.54) is 62.6 Å².